The van der Waals surface area contributed by atoms with Gasteiger partial charge in [-0.1, -0.05) is 35.5 Å². The number of aryl methyl sites for hydroxylation is 2. The zero-order valence-corrected chi connectivity index (χ0v) is 18.6. The van der Waals surface area contributed by atoms with Gasteiger partial charge in [-0.2, -0.15) is 0 Å². The fourth-order valence-electron chi connectivity index (χ4n) is 4.29. The Labute approximate surface area is 188 Å². The third-order valence-corrected chi connectivity index (χ3v) is 5.75. The number of ether oxygens (including phenoxy) is 1. The smallest absolute Gasteiger partial charge is 0.134 e. The van der Waals surface area contributed by atoms with E-state index in [-0.39, 0.29) is 12.4 Å². The molecule has 1 saturated heterocycles. The Morgan fingerprint density at radius 1 is 1.06 bits per heavy atom. The predicted molar refractivity (Wildman–Crippen MR) is 125 cm³/mol. The minimum Gasteiger partial charge on any atom is -0.487 e. The second kappa shape index (κ2) is 8.98. The molecule has 1 fully saturated rings. The van der Waals surface area contributed by atoms with Crippen LogP contribution in [-0.2, 0) is 6.61 Å². The molecule has 160 valence electrons. The predicted octanol–water partition coefficient (Wildman–Crippen LogP) is 5.83. The lowest BCUT2D eigenvalue weighted by atomic mass is 9.99. The molecular weight excluding hydrogens is 410 g/mol. The van der Waals surface area contributed by atoms with Crippen LogP contribution in [0.5, 0.6) is 5.75 Å². The van der Waals surface area contributed by atoms with Crippen molar-refractivity contribution in [1.82, 2.24) is 10.1 Å². The summed E-state index contributed by atoms with van der Waals surface area (Å²) in [4.78, 5) is 7.22. The summed E-state index contributed by atoms with van der Waals surface area (Å²) >= 11 is 0. The first-order chi connectivity index (χ1) is 14.7. The first-order valence-corrected chi connectivity index (χ1v) is 10.4. The summed E-state index contributed by atoms with van der Waals surface area (Å²) in [5.74, 6) is 2.16. The monoisotopic (exact) mass is 435 g/mol. The number of pyridine rings is 1. The van der Waals surface area contributed by atoms with Crippen molar-refractivity contribution in [2.45, 2.75) is 32.8 Å². The van der Waals surface area contributed by atoms with Crippen LogP contribution in [0.15, 0.2) is 65.2 Å². The fraction of sp³-hybridized carbons (Fsp3) is 0.280. The highest BCUT2D eigenvalue weighted by Crippen LogP contribution is 2.36. The summed E-state index contributed by atoms with van der Waals surface area (Å²) in [6, 6.07) is 21.0. The molecule has 2 aromatic heterocycles. The maximum absolute atomic E-state index is 5.98. The van der Waals surface area contributed by atoms with Crippen molar-refractivity contribution < 1.29 is 9.26 Å². The highest BCUT2D eigenvalue weighted by atomic mass is 35.5. The van der Waals surface area contributed by atoms with Gasteiger partial charge < -0.3 is 14.2 Å². The Morgan fingerprint density at radius 3 is 2.68 bits per heavy atom. The molecule has 0 bridgehead atoms. The van der Waals surface area contributed by atoms with E-state index in [4.69, 9.17) is 14.2 Å². The van der Waals surface area contributed by atoms with E-state index < -0.39 is 0 Å². The van der Waals surface area contributed by atoms with Crippen LogP contribution in [-0.4, -0.2) is 23.2 Å². The number of fused-ring (bicyclic) bond motifs is 1. The number of benzene rings is 2. The third kappa shape index (κ3) is 4.52. The highest BCUT2D eigenvalue weighted by Gasteiger charge is 2.25. The summed E-state index contributed by atoms with van der Waals surface area (Å²) in [5, 5.41) is 5.13. The van der Waals surface area contributed by atoms with Gasteiger partial charge in [-0.3, -0.25) is 4.98 Å². The van der Waals surface area contributed by atoms with Crippen LogP contribution >= 0.6 is 12.4 Å². The van der Waals surface area contributed by atoms with Crippen molar-refractivity contribution in [3.63, 3.8) is 0 Å². The van der Waals surface area contributed by atoms with Crippen LogP contribution in [0.3, 0.4) is 0 Å². The molecule has 1 aliphatic rings. The van der Waals surface area contributed by atoms with Crippen LogP contribution in [0.4, 0.5) is 5.69 Å². The summed E-state index contributed by atoms with van der Waals surface area (Å²) in [6.07, 6.45) is 1.16. The normalized spacial score (nSPS) is 15.8. The molecule has 0 spiro atoms. The van der Waals surface area contributed by atoms with E-state index in [0.717, 1.165) is 53.3 Å². The Balaban J connectivity index is 0.00000231. The molecule has 0 saturated carbocycles. The fourth-order valence-corrected chi connectivity index (χ4v) is 4.29. The van der Waals surface area contributed by atoms with Crippen LogP contribution in [0.25, 0.3) is 10.9 Å². The average molecular weight is 436 g/mol. The number of aromatic nitrogens is 2. The van der Waals surface area contributed by atoms with Crippen molar-refractivity contribution in [1.29, 1.82) is 0 Å². The van der Waals surface area contributed by atoms with Gasteiger partial charge in [0.05, 0.1) is 5.52 Å². The lowest BCUT2D eigenvalue weighted by molar-refractivity contribution is 0.288. The SMILES string of the molecule is Cc1cc(N2CCC(c3ccccc3)C2)c2cc(OCc3cc(C)on3)ccc2n1.Cl. The molecule has 0 aliphatic carbocycles. The quantitative estimate of drug-likeness (QED) is 0.394. The van der Waals surface area contributed by atoms with Crippen LogP contribution < -0.4 is 9.64 Å². The van der Waals surface area contributed by atoms with E-state index in [1.165, 1.54) is 11.3 Å². The summed E-state index contributed by atoms with van der Waals surface area (Å²) in [6.45, 7) is 6.39. The maximum atomic E-state index is 5.98. The summed E-state index contributed by atoms with van der Waals surface area (Å²) in [7, 11) is 0. The van der Waals surface area contributed by atoms with Crippen LogP contribution in [0, 0.1) is 13.8 Å². The minimum absolute atomic E-state index is 0. The van der Waals surface area contributed by atoms with Crippen molar-refractivity contribution in [2.75, 3.05) is 18.0 Å². The van der Waals surface area contributed by atoms with Gasteiger partial charge in [-0.05, 0) is 50.1 Å². The first kappa shape index (κ1) is 21.2. The molecule has 5 rings (SSSR count). The first-order valence-electron chi connectivity index (χ1n) is 10.4. The Hall–Kier alpha value is -3.05. The number of hydrogen-bond donors (Lipinski definition) is 0. The molecule has 0 N–H and O–H groups in total. The minimum atomic E-state index is 0. The lowest BCUT2D eigenvalue weighted by Crippen LogP contribution is -2.20. The molecule has 0 amide bonds. The van der Waals surface area contributed by atoms with E-state index in [2.05, 4.69) is 59.4 Å². The maximum Gasteiger partial charge on any atom is 0.134 e. The van der Waals surface area contributed by atoms with Gasteiger partial charge in [0, 0.05) is 41.8 Å². The number of halogens is 1. The van der Waals surface area contributed by atoms with Gasteiger partial charge in [0.25, 0.3) is 0 Å². The molecule has 6 heteroatoms. The van der Waals surface area contributed by atoms with Crippen LogP contribution in [0.1, 0.15) is 35.1 Å². The van der Waals surface area contributed by atoms with Gasteiger partial charge in [0.15, 0.2) is 0 Å². The average Bonchev–Trinajstić information content (AvgIpc) is 3.41. The third-order valence-electron chi connectivity index (χ3n) is 5.75. The van der Waals surface area contributed by atoms with Gasteiger partial charge >= 0.3 is 0 Å². The molecule has 2 aromatic carbocycles. The van der Waals surface area contributed by atoms with Gasteiger partial charge in [0.1, 0.15) is 23.8 Å². The molecule has 1 unspecified atom stereocenters. The molecule has 5 nitrogen and oxygen atoms in total. The van der Waals surface area contributed by atoms with Gasteiger partial charge in [0.2, 0.25) is 0 Å². The lowest BCUT2D eigenvalue weighted by Gasteiger charge is -2.22. The van der Waals surface area contributed by atoms with Crippen molar-refractivity contribution >= 4 is 29.0 Å². The van der Waals surface area contributed by atoms with E-state index >= 15 is 0 Å². The molecule has 0 radical (unpaired) electrons. The van der Waals surface area contributed by atoms with Crippen LogP contribution in [0.2, 0.25) is 0 Å². The topological polar surface area (TPSA) is 51.4 Å². The molecule has 31 heavy (non-hydrogen) atoms. The molecular formula is C25H26ClN3O2. The van der Waals surface area contributed by atoms with E-state index in [0.29, 0.717) is 12.5 Å². The number of nitrogens with zero attached hydrogens (tertiary/aromatic N) is 3. The Bertz CT molecular complexity index is 1180. The standard InChI is InChI=1S/C25H25N3O2.ClH/c1-17-12-25(28-11-10-20(15-28)19-6-4-3-5-7-19)23-14-22(8-9-24(23)26-17)29-16-21-13-18(2)30-27-21;/h3-9,12-14,20H,10-11,15-16H2,1-2H3;1H. The number of anilines is 1. The highest BCUT2D eigenvalue weighted by molar-refractivity contribution is 5.93. The number of hydrogen-bond acceptors (Lipinski definition) is 5. The van der Waals surface area contributed by atoms with E-state index in [1.54, 1.807) is 0 Å². The zero-order valence-electron chi connectivity index (χ0n) is 17.7. The van der Waals surface area contributed by atoms with Crippen molar-refractivity contribution in [3.05, 3.63) is 83.4 Å². The molecule has 1 atom stereocenters. The van der Waals surface area contributed by atoms with Crippen molar-refractivity contribution in [2.24, 2.45) is 0 Å². The summed E-state index contributed by atoms with van der Waals surface area (Å²) in [5.41, 5.74) is 5.48. The molecule has 1 aliphatic heterocycles. The van der Waals surface area contributed by atoms with Crippen molar-refractivity contribution in [3.8, 4) is 5.75 Å². The number of rotatable bonds is 5. The molecule has 4 aromatic rings. The second-order valence-corrected chi connectivity index (χ2v) is 8.02. The largest absolute Gasteiger partial charge is 0.487 e. The van der Waals surface area contributed by atoms with E-state index in [1.807, 2.05) is 25.1 Å². The zero-order chi connectivity index (χ0) is 20.5. The Morgan fingerprint density at radius 2 is 1.90 bits per heavy atom. The second-order valence-electron chi connectivity index (χ2n) is 8.02. The van der Waals surface area contributed by atoms with Gasteiger partial charge in [-0.25, -0.2) is 0 Å². The van der Waals surface area contributed by atoms with E-state index in [9.17, 15) is 0 Å². The Kier molecular flexibility index (Phi) is 6.14. The van der Waals surface area contributed by atoms with Gasteiger partial charge in [-0.15, -0.1) is 12.4 Å². The molecule has 3 heterocycles. The summed E-state index contributed by atoms with van der Waals surface area (Å²) < 4.78 is 11.1.